The molecule has 0 aliphatic carbocycles. The van der Waals surface area contributed by atoms with E-state index < -0.39 is 53.6 Å². The van der Waals surface area contributed by atoms with Gasteiger partial charge in [0.05, 0.1) is 17.5 Å². The predicted molar refractivity (Wildman–Crippen MR) is 147 cm³/mol. The van der Waals surface area contributed by atoms with Crippen LogP contribution in [0.5, 0.6) is 0 Å². The third kappa shape index (κ3) is 8.24. The van der Waals surface area contributed by atoms with Crippen LogP contribution in [0.1, 0.15) is 42.7 Å². The fourth-order valence-electron chi connectivity index (χ4n) is 4.54. The van der Waals surface area contributed by atoms with Crippen LogP contribution in [-0.4, -0.2) is 58.4 Å². The zero-order chi connectivity index (χ0) is 30.4. The molecule has 0 saturated carbocycles. The molecule has 3 atom stereocenters. The Labute approximate surface area is 235 Å². The third-order valence-corrected chi connectivity index (χ3v) is 6.47. The van der Waals surface area contributed by atoms with Crippen molar-refractivity contribution < 1.29 is 31.9 Å². The van der Waals surface area contributed by atoms with Crippen molar-refractivity contribution in [3.63, 3.8) is 0 Å². The molecule has 0 spiro atoms. The standard InChI is InChI=1S/C30H30F4N4O3/c1-5-7-8-9-10-13-35-26(39)20-15-22(6-2)38(18-20)28(41)25(17-29(3,4)31)37-27(40)24-16-19-14-21(30(32,33)34)11-12-23(19)36-24/h1-2,7-12,14,16,20,22,25,36H,13,15,17-18H2,3-4H3,(H,35,39)(H,37,40)/b8-7-,10-9-/t20-,22+,25-/m0/s1. The van der Waals surface area contributed by atoms with E-state index in [0.29, 0.717) is 0 Å². The van der Waals surface area contributed by atoms with Crippen LogP contribution in [0.2, 0.25) is 0 Å². The summed E-state index contributed by atoms with van der Waals surface area (Å²) in [4.78, 5) is 43.3. The minimum atomic E-state index is -4.56. The number of rotatable bonds is 9. The molecule has 41 heavy (non-hydrogen) atoms. The number of H-pyrrole nitrogens is 1. The molecule has 0 radical (unpaired) electrons. The van der Waals surface area contributed by atoms with Crippen molar-refractivity contribution in [2.45, 2.75) is 50.6 Å². The molecule has 1 aromatic carbocycles. The summed E-state index contributed by atoms with van der Waals surface area (Å²) in [7, 11) is 0. The van der Waals surface area contributed by atoms with Crippen LogP contribution < -0.4 is 10.6 Å². The van der Waals surface area contributed by atoms with Crippen LogP contribution in [0.25, 0.3) is 10.9 Å². The van der Waals surface area contributed by atoms with Crippen molar-refractivity contribution in [2.75, 3.05) is 13.1 Å². The van der Waals surface area contributed by atoms with E-state index in [4.69, 9.17) is 12.8 Å². The van der Waals surface area contributed by atoms with Gasteiger partial charge >= 0.3 is 6.18 Å². The Morgan fingerprint density at radius 2 is 1.90 bits per heavy atom. The number of carbonyl (C=O) groups excluding carboxylic acids is 3. The highest BCUT2D eigenvalue weighted by Crippen LogP contribution is 2.32. The Morgan fingerprint density at radius 1 is 1.17 bits per heavy atom. The smallest absolute Gasteiger partial charge is 0.352 e. The second kappa shape index (κ2) is 12.8. The van der Waals surface area contributed by atoms with Crippen LogP contribution in [-0.2, 0) is 15.8 Å². The van der Waals surface area contributed by atoms with Gasteiger partial charge in [0.1, 0.15) is 17.4 Å². The molecule has 1 aromatic heterocycles. The quantitative estimate of drug-likeness (QED) is 0.240. The highest BCUT2D eigenvalue weighted by molar-refractivity contribution is 6.00. The van der Waals surface area contributed by atoms with Crippen LogP contribution >= 0.6 is 0 Å². The monoisotopic (exact) mass is 570 g/mol. The number of fused-ring (bicyclic) bond motifs is 1. The molecule has 1 aliphatic rings. The van der Waals surface area contributed by atoms with Crippen molar-refractivity contribution in [3.8, 4) is 24.7 Å². The van der Waals surface area contributed by atoms with Gasteiger partial charge < -0.3 is 20.5 Å². The minimum absolute atomic E-state index is 0.0358. The number of hydrogen-bond acceptors (Lipinski definition) is 3. The van der Waals surface area contributed by atoms with Gasteiger partial charge in [-0.25, -0.2) is 4.39 Å². The highest BCUT2D eigenvalue weighted by atomic mass is 19.4. The van der Waals surface area contributed by atoms with Gasteiger partial charge in [0.25, 0.3) is 5.91 Å². The van der Waals surface area contributed by atoms with Crippen molar-refractivity contribution in [2.24, 2.45) is 5.92 Å². The summed E-state index contributed by atoms with van der Waals surface area (Å²) >= 11 is 0. The van der Waals surface area contributed by atoms with Gasteiger partial charge in [-0.15, -0.1) is 12.8 Å². The summed E-state index contributed by atoms with van der Waals surface area (Å²) in [6, 6.07) is 2.07. The summed E-state index contributed by atoms with van der Waals surface area (Å²) < 4.78 is 54.0. The zero-order valence-electron chi connectivity index (χ0n) is 22.5. The topological polar surface area (TPSA) is 94.3 Å². The Bertz CT molecular complexity index is 1440. The fraction of sp³-hybridized carbons (Fsp3) is 0.367. The molecule has 0 unspecified atom stereocenters. The summed E-state index contributed by atoms with van der Waals surface area (Å²) in [6.07, 6.45) is 12.4. The van der Waals surface area contributed by atoms with E-state index in [9.17, 15) is 31.9 Å². The molecule has 3 amide bonds. The molecule has 1 fully saturated rings. The summed E-state index contributed by atoms with van der Waals surface area (Å²) in [5, 5.41) is 5.37. The van der Waals surface area contributed by atoms with Crippen LogP contribution in [0, 0.1) is 30.6 Å². The highest BCUT2D eigenvalue weighted by Gasteiger charge is 2.42. The second-order valence-electron chi connectivity index (χ2n) is 10.2. The first-order valence-electron chi connectivity index (χ1n) is 12.8. The van der Waals surface area contributed by atoms with E-state index in [0.717, 1.165) is 12.1 Å². The van der Waals surface area contributed by atoms with Gasteiger partial charge in [-0.2, -0.15) is 13.2 Å². The minimum Gasteiger partial charge on any atom is -0.352 e. The SMILES string of the molecule is C#C/C=C\C=C/CNC(=O)[C@H]1C[C@@H](C#C)N(C(=O)[C@H](CC(C)(C)F)NC(=O)c2cc3cc(C(F)(F)F)ccc3[nH]2)C1. The van der Waals surface area contributed by atoms with Gasteiger partial charge in [-0.1, -0.05) is 30.1 Å². The maximum absolute atomic E-state index is 14.7. The van der Waals surface area contributed by atoms with E-state index in [1.165, 1.54) is 37.0 Å². The summed E-state index contributed by atoms with van der Waals surface area (Å²) in [6.45, 7) is 2.67. The Balaban J connectivity index is 1.75. The van der Waals surface area contributed by atoms with Crippen molar-refractivity contribution >= 4 is 28.6 Å². The van der Waals surface area contributed by atoms with E-state index in [1.54, 1.807) is 18.2 Å². The lowest BCUT2D eigenvalue weighted by atomic mass is 9.99. The number of likely N-dealkylation sites (tertiary alicyclic amines) is 1. The van der Waals surface area contributed by atoms with Crippen molar-refractivity contribution in [1.29, 1.82) is 0 Å². The molecule has 11 heteroatoms. The lowest BCUT2D eigenvalue weighted by Crippen LogP contribution is -2.52. The van der Waals surface area contributed by atoms with Crippen LogP contribution in [0.4, 0.5) is 17.6 Å². The lowest BCUT2D eigenvalue weighted by Gasteiger charge is -2.29. The fourth-order valence-corrected chi connectivity index (χ4v) is 4.54. The number of carbonyl (C=O) groups is 3. The number of aromatic nitrogens is 1. The van der Waals surface area contributed by atoms with E-state index in [-0.39, 0.29) is 42.0 Å². The number of terminal acetylenes is 2. The van der Waals surface area contributed by atoms with Gasteiger partial charge in [0, 0.05) is 30.4 Å². The third-order valence-electron chi connectivity index (χ3n) is 6.47. The maximum Gasteiger partial charge on any atom is 0.416 e. The van der Waals surface area contributed by atoms with Gasteiger partial charge in [0.2, 0.25) is 11.8 Å². The Morgan fingerprint density at radius 3 is 2.54 bits per heavy atom. The van der Waals surface area contributed by atoms with Crippen molar-refractivity contribution in [1.82, 2.24) is 20.5 Å². The number of nitrogens with zero attached hydrogens (tertiary/aromatic N) is 1. The molecule has 1 saturated heterocycles. The number of hydrogen-bond donors (Lipinski definition) is 3. The summed E-state index contributed by atoms with van der Waals surface area (Å²) in [5.74, 6) is 2.39. The normalized spacial score (nSPS) is 18.4. The first-order valence-corrected chi connectivity index (χ1v) is 12.8. The average molecular weight is 571 g/mol. The van der Waals surface area contributed by atoms with Crippen LogP contribution in [0.3, 0.4) is 0 Å². The second-order valence-corrected chi connectivity index (χ2v) is 10.2. The van der Waals surface area contributed by atoms with E-state index in [2.05, 4.69) is 27.5 Å². The largest absolute Gasteiger partial charge is 0.416 e. The Hall–Kier alpha value is -4.51. The Kier molecular flexibility index (Phi) is 9.67. The first kappa shape index (κ1) is 31.0. The molecule has 216 valence electrons. The number of alkyl halides is 4. The van der Waals surface area contributed by atoms with Crippen LogP contribution in [0.15, 0.2) is 48.6 Å². The molecular formula is C30H30F4N4O3. The van der Waals surface area contributed by atoms with E-state index in [1.807, 2.05) is 0 Å². The molecule has 3 rings (SSSR count). The lowest BCUT2D eigenvalue weighted by molar-refractivity contribution is -0.137. The molecule has 2 heterocycles. The average Bonchev–Trinajstić information content (AvgIpc) is 3.52. The zero-order valence-corrected chi connectivity index (χ0v) is 22.5. The number of aromatic amines is 1. The molecule has 1 aliphatic heterocycles. The van der Waals surface area contributed by atoms with Crippen molar-refractivity contribution in [3.05, 3.63) is 59.8 Å². The number of allylic oxidation sites excluding steroid dienone is 3. The molecule has 3 N–H and O–H groups in total. The van der Waals surface area contributed by atoms with Gasteiger partial charge in [0.15, 0.2) is 0 Å². The molecule has 2 aromatic rings. The predicted octanol–water partition coefficient (Wildman–Crippen LogP) is 4.14. The number of amides is 3. The number of nitrogens with one attached hydrogen (secondary N) is 3. The summed E-state index contributed by atoms with van der Waals surface area (Å²) in [5.41, 5.74) is -2.59. The van der Waals surface area contributed by atoms with Gasteiger partial charge in [-0.3, -0.25) is 14.4 Å². The maximum atomic E-state index is 14.7. The first-order chi connectivity index (χ1) is 19.2. The molecular weight excluding hydrogens is 540 g/mol. The van der Waals surface area contributed by atoms with Gasteiger partial charge in [-0.05, 0) is 50.6 Å². The molecule has 0 bridgehead atoms. The van der Waals surface area contributed by atoms with E-state index >= 15 is 0 Å². The molecule has 7 nitrogen and oxygen atoms in total. The number of benzene rings is 1. The number of halogens is 4.